The first-order valence-electron chi connectivity index (χ1n) is 6.84. The smallest absolute Gasteiger partial charge is 0.251 e. The van der Waals surface area contributed by atoms with Gasteiger partial charge in [0.2, 0.25) is 0 Å². The van der Waals surface area contributed by atoms with Crippen LogP contribution in [-0.2, 0) is 0 Å². The second kappa shape index (κ2) is 5.59. The molecule has 0 aromatic heterocycles. The number of nitrogen functional groups attached to an aromatic ring is 1. The van der Waals surface area contributed by atoms with E-state index in [4.69, 9.17) is 5.73 Å². The Labute approximate surface area is 113 Å². The molecule has 0 aliphatic heterocycles. The van der Waals surface area contributed by atoms with E-state index in [0.717, 1.165) is 12.8 Å². The minimum absolute atomic E-state index is 0.167. The molecular weight excluding hydrogens is 243 g/mol. The van der Waals surface area contributed by atoms with Gasteiger partial charge in [0.15, 0.2) is 0 Å². The second-order valence-corrected chi connectivity index (χ2v) is 5.62. The normalized spacial score (nSPS) is 27.0. The number of nitrogens with one attached hydrogen (secondary N) is 1. The Balaban J connectivity index is 2.08. The fraction of sp³-hybridized carbons (Fsp3) is 0.533. The molecule has 3 atom stereocenters. The highest BCUT2D eigenvalue weighted by Gasteiger charge is 2.28. The third kappa shape index (κ3) is 3.25. The monoisotopic (exact) mass is 264 g/mol. The quantitative estimate of drug-likeness (QED) is 0.807. The van der Waals surface area contributed by atoms with Crippen molar-refractivity contribution in [1.29, 1.82) is 0 Å². The standard InChI is InChI=1S/C15H21FN2O/c1-9-4-3-5-14(10(9)2)18-15(19)11-6-12(16)8-13(17)7-11/h6-10,14H,3-5,17H2,1-2H3,(H,18,19). The molecule has 104 valence electrons. The molecule has 3 unspecified atom stereocenters. The maximum Gasteiger partial charge on any atom is 0.251 e. The summed E-state index contributed by atoms with van der Waals surface area (Å²) in [7, 11) is 0. The summed E-state index contributed by atoms with van der Waals surface area (Å²) in [4.78, 5) is 12.1. The molecular formula is C15H21FN2O. The molecule has 4 heteroatoms. The highest BCUT2D eigenvalue weighted by molar-refractivity contribution is 5.95. The molecule has 2 rings (SSSR count). The second-order valence-electron chi connectivity index (χ2n) is 5.62. The highest BCUT2D eigenvalue weighted by atomic mass is 19.1. The van der Waals surface area contributed by atoms with Gasteiger partial charge in [-0.15, -0.1) is 0 Å². The zero-order valence-corrected chi connectivity index (χ0v) is 11.4. The fourth-order valence-corrected chi connectivity index (χ4v) is 2.78. The van der Waals surface area contributed by atoms with Crippen molar-refractivity contribution < 1.29 is 9.18 Å². The van der Waals surface area contributed by atoms with Gasteiger partial charge in [0.05, 0.1) is 0 Å². The topological polar surface area (TPSA) is 55.1 Å². The van der Waals surface area contributed by atoms with E-state index in [1.807, 2.05) is 0 Å². The summed E-state index contributed by atoms with van der Waals surface area (Å²) in [6.45, 7) is 4.37. The average molecular weight is 264 g/mol. The molecule has 1 amide bonds. The number of carbonyl (C=O) groups excluding carboxylic acids is 1. The number of nitrogens with two attached hydrogens (primary N) is 1. The van der Waals surface area contributed by atoms with Gasteiger partial charge in [-0.05, 0) is 36.5 Å². The SMILES string of the molecule is CC1CCCC(NC(=O)c2cc(N)cc(F)c2)C1C. The minimum atomic E-state index is -0.477. The highest BCUT2D eigenvalue weighted by Crippen LogP contribution is 2.29. The molecule has 0 radical (unpaired) electrons. The Morgan fingerprint density at radius 3 is 2.74 bits per heavy atom. The lowest BCUT2D eigenvalue weighted by atomic mass is 9.78. The Kier molecular flexibility index (Phi) is 4.08. The Bertz CT molecular complexity index is 455. The molecule has 3 nitrogen and oxygen atoms in total. The van der Waals surface area contributed by atoms with Crippen molar-refractivity contribution in [1.82, 2.24) is 5.32 Å². The number of hydrogen-bond donors (Lipinski definition) is 2. The van der Waals surface area contributed by atoms with Crippen molar-refractivity contribution in [3.05, 3.63) is 29.6 Å². The molecule has 0 bridgehead atoms. The van der Waals surface area contributed by atoms with Crippen LogP contribution in [0.3, 0.4) is 0 Å². The zero-order chi connectivity index (χ0) is 14.0. The van der Waals surface area contributed by atoms with Crippen LogP contribution in [0.2, 0.25) is 0 Å². The van der Waals surface area contributed by atoms with Crippen LogP contribution in [0.5, 0.6) is 0 Å². The molecule has 1 saturated carbocycles. The minimum Gasteiger partial charge on any atom is -0.399 e. The Morgan fingerprint density at radius 1 is 1.32 bits per heavy atom. The van der Waals surface area contributed by atoms with E-state index in [9.17, 15) is 9.18 Å². The zero-order valence-electron chi connectivity index (χ0n) is 11.4. The van der Waals surface area contributed by atoms with Crippen LogP contribution in [0.15, 0.2) is 18.2 Å². The number of rotatable bonds is 2. The first kappa shape index (κ1) is 13.8. The van der Waals surface area contributed by atoms with Crippen LogP contribution >= 0.6 is 0 Å². The predicted octanol–water partition coefficient (Wildman–Crippen LogP) is 2.96. The summed E-state index contributed by atoms with van der Waals surface area (Å²) in [6, 6.07) is 4.11. The lowest BCUT2D eigenvalue weighted by Gasteiger charge is -2.34. The maximum absolute atomic E-state index is 13.2. The van der Waals surface area contributed by atoms with E-state index >= 15 is 0 Å². The van der Waals surface area contributed by atoms with Crippen LogP contribution in [0.4, 0.5) is 10.1 Å². The summed E-state index contributed by atoms with van der Waals surface area (Å²) >= 11 is 0. The average Bonchev–Trinajstić information content (AvgIpc) is 2.33. The van der Waals surface area contributed by atoms with Gasteiger partial charge in [0, 0.05) is 17.3 Å². The maximum atomic E-state index is 13.2. The Morgan fingerprint density at radius 2 is 2.05 bits per heavy atom. The van der Waals surface area contributed by atoms with Crippen LogP contribution < -0.4 is 11.1 Å². The number of amides is 1. The summed E-state index contributed by atoms with van der Waals surface area (Å²) < 4.78 is 13.2. The first-order valence-corrected chi connectivity index (χ1v) is 6.84. The molecule has 1 aromatic carbocycles. The van der Waals surface area contributed by atoms with E-state index < -0.39 is 5.82 Å². The summed E-state index contributed by atoms with van der Waals surface area (Å²) in [5.74, 6) is 0.340. The number of carbonyl (C=O) groups is 1. The first-order chi connectivity index (χ1) is 8.97. The lowest BCUT2D eigenvalue weighted by Crippen LogP contribution is -2.43. The van der Waals surface area contributed by atoms with Crippen molar-refractivity contribution in [3.8, 4) is 0 Å². The van der Waals surface area contributed by atoms with Gasteiger partial charge in [-0.3, -0.25) is 4.79 Å². The van der Waals surface area contributed by atoms with Gasteiger partial charge < -0.3 is 11.1 Å². The Hall–Kier alpha value is -1.58. The van der Waals surface area contributed by atoms with E-state index in [1.54, 1.807) is 0 Å². The van der Waals surface area contributed by atoms with Crippen LogP contribution in [0.25, 0.3) is 0 Å². The molecule has 1 aromatic rings. The molecule has 1 aliphatic carbocycles. The van der Waals surface area contributed by atoms with E-state index in [1.165, 1.54) is 24.6 Å². The van der Waals surface area contributed by atoms with Crippen molar-refractivity contribution in [2.45, 2.75) is 39.2 Å². The number of halogens is 1. The predicted molar refractivity (Wildman–Crippen MR) is 74.2 cm³/mol. The molecule has 1 aliphatic rings. The third-order valence-corrected chi connectivity index (χ3v) is 4.21. The number of benzene rings is 1. The van der Waals surface area contributed by atoms with Gasteiger partial charge >= 0.3 is 0 Å². The van der Waals surface area contributed by atoms with Gasteiger partial charge in [-0.25, -0.2) is 4.39 Å². The molecule has 3 N–H and O–H groups in total. The van der Waals surface area contributed by atoms with Gasteiger partial charge in [-0.2, -0.15) is 0 Å². The summed E-state index contributed by atoms with van der Waals surface area (Å²) in [5, 5.41) is 3.01. The third-order valence-electron chi connectivity index (χ3n) is 4.21. The summed E-state index contributed by atoms with van der Waals surface area (Å²) in [5.41, 5.74) is 6.13. The molecule has 1 fully saturated rings. The molecule has 0 heterocycles. The summed E-state index contributed by atoms with van der Waals surface area (Å²) in [6.07, 6.45) is 3.32. The van der Waals surface area contributed by atoms with Gasteiger partial charge in [0.1, 0.15) is 5.82 Å². The number of anilines is 1. The number of hydrogen-bond acceptors (Lipinski definition) is 2. The lowest BCUT2D eigenvalue weighted by molar-refractivity contribution is 0.0890. The fourth-order valence-electron chi connectivity index (χ4n) is 2.78. The largest absolute Gasteiger partial charge is 0.399 e. The van der Waals surface area contributed by atoms with Gasteiger partial charge in [-0.1, -0.05) is 26.7 Å². The van der Waals surface area contributed by atoms with Crippen molar-refractivity contribution in [3.63, 3.8) is 0 Å². The molecule has 0 saturated heterocycles. The van der Waals surface area contributed by atoms with E-state index in [0.29, 0.717) is 17.4 Å². The molecule has 19 heavy (non-hydrogen) atoms. The van der Waals surface area contributed by atoms with Crippen LogP contribution in [0.1, 0.15) is 43.5 Å². The molecule has 0 spiro atoms. The van der Waals surface area contributed by atoms with Crippen molar-refractivity contribution in [2.24, 2.45) is 11.8 Å². The van der Waals surface area contributed by atoms with Crippen molar-refractivity contribution >= 4 is 11.6 Å². The van der Waals surface area contributed by atoms with E-state index in [2.05, 4.69) is 19.2 Å². The van der Waals surface area contributed by atoms with Crippen LogP contribution in [-0.4, -0.2) is 11.9 Å². The van der Waals surface area contributed by atoms with Gasteiger partial charge in [0.25, 0.3) is 5.91 Å². The van der Waals surface area contributed by atoms with E-state index in [-0.39, 0.29) is 17.6 Å². The van der Waals surface area contributed by atoms with Crippen molar-refractivity contribution in [2.75, 3.05) is 5.73 Å². The van der Waals surface area contributed by atoms with Crippen LogP contribution in [0, 0.1) is 17.7 Å².